The molecule has 2 N–H and O–H groups in total. The van der Waals surface area contributed by atoms with Crippen molar-refractivity contribution in [3.63, 3.8) is 0 Å². The molecule has 0 aliphatic heterocycles. The van der Waals surface area contributed by atoms with Crippen molar-refractivity contribution < 1.29 is 0 Å². The van der Waals surface area contributed by atoms with Gasteiger partial charge in [-0.15, -0.1) is 10.2 Å². The summed E-state index contributed by atoms with van der Waals surface area (Å²) in [5, 5.41) is 11.6. The number of aryl methyl sites for hydroxylation is 1. The standard InChI is InChI=1S/C7H8N6/c1-5-10-7(8)12-13(5)6-3-2-4-9-11-6/h2-4H,1H3,(H2,8,12). The number of rotatable bonds is 1. The Balaban J connectivity index is 2.53. The van der Waals surface area contributed by atoms with Crippen molar-refractivity contribution in [2.45, 2.75) is 6.92 Å². The number of anilines is 1. The van der Waals surface area contributed by atoms with Gasteiger partial charge in [0, 0.05) is 6.20 Å². The molecule has 0 unspecified atom stereocenters. The Kier molecular flexibility index (Phi) is 1.66. The Morgan fingerprint density at radius 3 is 2.85 bits per heavy atom. The third-order valence-corrected chi connectivity index (χ3v) is 1.56. The lowest BCUT2D eigenvalue weighted by Gasteiger charge is -1.97. The smallest absolute Gasteiger partial charge is 0.240 e. The van der Waals surface area contributed by atoms with Gasteiger partial charge in [-0.3, -0.25) is 0 Å². The summed E-state index contributed by atoms with van der Waals surface area (Å²) in [7, 11) is 0. The molecule has 2 aromatic rings. The highest BCUT2D eigenvalue weighted by Gasteiger charge is 2.05. The second-order valence-electron chi connectivity index (χ2n) is 2.51. The summed E-state index contributed by atoms with van der Waals surface area (Å²) in [6.07, 6.45) is 1.60. The molecule has 6 nitrogen and oxygen atoms in total. The molecule has 2 rings (SSSR count). The van der Waals surface area contributed by atoms with Gasteiger partial charge >= 0.3 is 0 Å². The van der Waals surface area contributed by atoms with Crippen LogP contribution in [0.5, 0.6) is 0 Å². The molecule has 66 valence electrons. The Labute approximate surface area is 74.4 Å². The molecule has 0 aliphatic carbocycles. The van der Waals surface area contributed by atoms with Crippen LogP contribution in [0.25, 0.3) is 5.82 Å². The highest BCUT2D eigenvalue weighted by atomic mass is 15.4. The number of nitrogens with two attached hydrogens (primary N) is 1. The van der Waals surface area contributed by atoms with Gasteiger partial charge in [-0.25, -0.2) is 0 Å². The molecule has 0 saturated carbocycles. The van der Waals surface area contributed by atoms with Crippen LogP contribution in [-0.2, 0) is 0 Å². The number of hydrogen-bond acceptors (Lipinski definition) is 5. The van der Waals surface area contributed by atoms with E-state index in [-0.39, 0.29) is 5.95 Å². The molecule has 0 fully saturated rings. The summed E-state index contributed by atoms with van der Waals surface area (Å²) >= 11 is 0. The van der Waals surface area contributed by atoms with Gasteiger partial charge in [-0.05, 0) is 19.1 Å². The van der Waals surface area contributed by atoms with Crippen LogP contribution in [0.4, 0.5) is 5.95 Å². The fraction of sp³-hybridized carbons (Fsp3) is 0.143. The van der Waals surface area contributed by atoms with E-state index in [0.29, 0.717) is 11.6 Å². The van der Waals surface area contributed by atoms with Crippen molar-refractivity contribution in [1.29, 1.82) is 0 Å². The Morgan fingerprint density at radius 2 is 2.31 bits per heavy atom. The molecule has 6 heteroatoms. The third-order valence-electron chi connectivity index (χ3n) is 1.56. The van der Waals surface area contributed by atoms with E-state index in [1.807, 2.05) is 0 Å². The monoisotopic (exact) mass is 176 g/mol. The first-order valence-electron chi connectivity index (χ1n) is 3.74. The van der Waals surface area contributed by atoms with Gasteiger partial charge in [0.05, 0.1) is 0 Å². The Morgan fingerprint density at radius 1 is 1.46 bits per heavy atom. The molecule has 0 amide bonds. The second-order valence-corrected chi connectivity index (χ2v) is 2.51. The first-order valence-corrected chi connectivity index (χ1v) is 3.74. The summed E-state index contributed by atoms with van der Waals surface area (Å²) in [6.45, 7) is 1.80. The molecule has 0 radical (unpaired) electrons. The SMILES string of the molecule is Cc1nc(N)nn1-c1cccnn1. The molecule has 0 atom stereocenters. The number of aromatic nitrogens is 5. The van der Waals surface area contributed by atoms with Crippen LogP contribution in [0.3, 0.4) is 0 Å². The summed E-state index contributed by atoms with van der Waals surface area (Å²) < 4.78 is 1.54. The minimum absolute atomic E-state index is 0.239. The highest BCUT2D eigenvalue weighted by molar-refractivity contribution is 5.24. The van der Waals surface area contributed by atoms with Crippen LogP contribution < -0.4 is 5.73 Å². The van der Waals surface area contributed by atoms with Gasteiger partial charge in [-0.1, -0.05) is 0 Å². The normalized spacial score (nSPS) is 10.2. The fourth-order valence-electron chi connectivity index (χ4n) is 1.03. The van der Waals surface area contributed by atoms with Crippen molar-refractivity contribution >= 4 is 5.95 Å². The number of nitrogens with zero attached hydrogens (tertiary/aromatic N) is 5. The zero-order chi connectivity index (χ0) is 9.26. The lowest BCUT2D eigenvalue weighted by Crippen LogP contribution is -2.02. The topological polar surface area (TPSA) is 82.5 Å². The lowest BCUT2D eigenvalue weighted by atomic mass is 10.5. The number of nitrogen functional groups attached to an aromatic ring is 1. The molecule has 2 aromatic heterocycles. The van der Waals surface area contributed by atoms with E-state index in [9.17, 15) is 0 Å². The van der Waals surface area contributed by atoms with E-state index in [1.165, 1.54) is 0 Å². The van der Waals surface area contributed by atoms with Crippen molar-refractivity contribution in [3.05, 3.63) is 24.2 Å². The molecule has 0 bridgehead atoms. The zero-order valence-electron chi connectivity index (χ0n) is 7.05. The van der Waals surface area contributed by atoms with Gasteiger partial charge < -0.3 is 5.73 Å². The predicted molar refractivity (Wildman–Crippen MR) is 46.1 cm³/mol. The minimum Gasteiger partial charge on any atom is -0.366 e. The predicted octanol–water partition coefficient (Wildman–Crippen LogP) is -0.0521. The largest absolute Gasteiger partial charge is 0.366 e. The molecule has 13 heavy (non-hydrogen) atoms. The van der Waals surface area contributed by atoms with Crippen LogP contribution in [0.1, 0.15) is 5.82 Å². The molecule has 0 saturated heterocycles. The van der Waals surface area contributed by atoms with Crippen molar-refractivity contribution in [3.8, 4) is 5.82 Å². The van der Waals surface area contributed by atoms with Gasteiger partial charge in [-0.2, -0.15) is 14.8 Å². The van der Waals surface area contributed by atoms with Crippen LogP contribution in [0, 0.1) is 6.92 Å². The maximum atomic E-state index is 5.43. The van der Waals surface area contributed by atoms with E-state index in [2.05, 4.69) is 20.3 Å². The van der Waals surface area contributed by atoms with Crippen molar-refractivity contribution in [2.75, 3.05) is 5.73 Å². The van der Waals surface area contributed by atoms with Crippen LogP contribution in [0.15, 0.2) is 18.3 Å². The number of hydrogen-bond donors (Lipinski definition) is 1. The zero-order valence-corrected chi connectivity index (χ0v) is 7.05. The van der Waals surface area contributed by atoms with E-state index < -0.39 is 0 Å². The molecular weight excluding hydrogens is 168 g/mol. The summed E-state index contributed by atoms with van der Waals surface area (Å²) in [5.41, 5.74) is 5.43. The third kappa shape index (κ3) is 1.33. The van der Waals surface area contributed by atoms with E-state index in [0.717, 1.165) is 0 Å². The Hall–Kier alpha value is -1.98. The molecular formula is C7H8N6. The second kappa shape index (κ2) is 2.81. The quantitative estimate of drug-likeness (QED) is 0.658. The lowest BCUT2D eigenvalue weighted by molar-refractivity contribution is 0.787. The molecule has 2 heterocycles. The maximum Gasteiger partial charge on any atom is 0.240 e. The fourth-order valence-corrected chi connectivity index (χ4v) is 1.03. The average molecular weight is 176 g/mol. The van der Waals surface area contributed by atoms with Gasteiger partial charge in [0.1, 0.15) is 5.82 Å². The molecule has 0 aliphatic rings. The van der Waals surface area contributed by atoms with Gasteiger partial charge in [0.15, 0.2) is 5.82 Å². The van der Waals surface area contributed by atoms with Crippen molar-refractivity contribution in [2.24, 2.45) is 0 Å². The van der Waals surface area contributed by atoms with Crippen LogP contribution in [0.2, 0.25) is 0 Å². The maximum absolute atomic E-state index is 5.43. The van der Waals surface area contributed by atoms with Gasteiger partial charge in [0.25, 0.3) is 0 Å². The van der Waals surface area contributed by atoms with E-state index in [1.54, 1.807) is 29.9 Å². The molecule has 0 aromatic carbocycles. The van der Waals surface area contributed by atoms with Crippen LogP contribution >= 0.6 is 0 Å². The summed E-state index contributed by atoms with van der Waals surface area (Å²) in [5.74, 6) is 1.55. The van der Waals surface area contributed by atoms with Crippen LogP contribution in [-0.4, -0.2) is 25.0 Å². The van der Waals surface area contributed by atoms with Crippen molar-refractivity contribution in [1.82, 2.24) is 25.0 Å². The van der Waals surface area contributed by atoms with Gasteiger partial charge in [0.2, 0.25) is 5.95 Å². The average Bonchev–Trinajstić information content (AvgIpc) is 2.47. The Bertz CT molecular complexity index is 406. The summed E-state index contributed by atoms with van der Waals surface area (Å²) in [4.78, 5) is 3.95. The highest BCUT2D eigenvalue weighted by Crippen LogP contribution is 2.04. The van der Waals surface area contributed by atoms with E-state index in [4.69, 9.17) is 5.73 Å². The minimum atomic E-state index is 0.239. The van der Waals surface area contributed by atoms with E-state index >= 15 is 0 Å². The summed E-state index contributed by atoms with van der Waals surface area (Å²) in [6, 6.07) is 3.56. The first kappa shape index (κ1) is 7.66. The first-order chi connectivity index (χ1) is 6.27. The molecule has 0 spiro atoms.